The van der Waals surface area contributed by atoms with E-state index in [0.29, 0.717) is 6.61 Å². The Morgan fingerprint density at radius 1 is 1.50 bits per heavy atom. The Hall–Kier alpha value is -0.800. The first-order valence-electron chi connectivity index (χ1n) is 5.42. The van der Waals surface area contributed by atoms with Gasteiger partial charge in [-0.2, -0.15) is 0 Å². The van der Waals surface area contributed by atoms with Gasteiger partial charge in [0.25, 0.3) is 0 Å². The highest BCUT2D eigenvalue weighted by molar-refractivity contribution is 9.10. The lowest BCUT2D eigenvalue weighted by molar-refractivity contribution is 0.245. The van der Waals surface area contributed by atoms with Crippen LogP contribution in [0.15, 0.2) is 28.7 Å². The van der Waals surface area contributed by atoms with Crippen molar-refractivity contribution < 1.29 is 9.84 Å². The first-order chi connectivity index (χ1) is 7.63. The van der Waals surface area contributed by atoms with E-state index in [-0.39, 0.29) is 0 Å². The van der Waals surface area contributed by atoms with Crippen molar-refractivity contribution in [3.8, 4) is 5.75 Å². The van der Waals surface area contributed by atoms with Crippen LogP contribution in [0, 0.1) is 0 Å². The van der Waals surface area contributed by atoms with E-state index in [1.54, 1.807) is 13.0 Å². The third-order valence-corrected chi connectivity index (χ3v) is 2.48. The molecule has 0 fully saturated rings. The fourth-order valence-electron chi connectivity index (χ4n) is 1.24. The Morgan fingerprint density at radius 2 is 2.25 bits per heavy atom. The molecule has 3 heteroatoms. The largest absolute Gasteiger partial charge is 0.493 e. The quantitative estimate of drug-likeness (QED) is 0.895. The highest BCUT2D eigenvalue weighted by Gasteiger charge is 2.01. The topological polar surface area (TPSA) is 29.5 Å². The number of aliphatic hydroxyl groups excluding tert-OH is 1. The van der Waals surface area contributed by atoms with Gasteiger partial charge in [0.1, 0.15) is 5.75 Å². The van der Waals surface area contributed by atoms with Gasteiger partial charge in [-0.05, 0) is 31.5 Å². The Morgan fingerprint density at radius 3 is 2.88 bits per heavy atom. The molecule has 0 aliphatic rings. The van der Waals surface area contributed by atoms with Crippen LogP contribution in [0.2, 0.25) is 0 Å². The van der Waals surface area contributed by atoms with Gasteiger partial charge >= 0.3 is 0 Å². The standard InChI is InChI=1S/C13H17BrO2/c1-3-8-16-13-7-6-12(14)9-11(13)5-4-10(2)15/h4-7,9-10,15H,3,8H2,1-2H3/b5-4+. The second-order valence-electron chi connectivity index (χ2n) is 3.63. The van der Waals surface area contributed by atoms with Gasteiger partial charge in [-0.1, -0.05) is 35.0 Å². The van der Waals surface area contributed by atoms with E-state index in [1.807, 2.05) is 24.3 Å². The minimum atomic E-state index is -0.446. The molecule has 0 aliphatic heterocycles. The monoisotopic (exact) mass is 284 g/mol. The molecular weight excluding hydrogens is 268 g/mol. The van der Waals surface area contributed by atoms with Crippen LogP contribution < -0.4 is 4.74 Å². The molecule has 16 heavy (non-hydrogen) atoms. The fourth-order valence-corrected chi connectivity index (χ4v) is 1.61. The zero-order valence-electron chi connectivity index (χ0n) is 9.61. The maximum Gasteiger partial charge on any atom is 0.126 e. The Balaban J connectivity index is 2.89. The maximum absolute atomic E-state index is 9.21. The predicted octanol–water partition coefficient (Wildman–Crippen LogP) is 3.63. The van der Waals surface area contributed by atoms with Crippen LogP contribution in [0.4, 0.5) is 0 Å². The lowest BCUT2D eigenvalue weighted by Gasteiger charge is -2.08. The molecule has 1 atom stereocenters. The molecular formula is C13H17BrO2. The average Bonchev–Trinajstić information content (AvgIpc) is 2.25. The SMILES string of the molecule is CCCOc1ccc(Br)cc1/C=C/C(C)O. The summed E-state index contributed by atoms with van der Waals surface area (Å²) in [5, 5.41) is 9.21. The van der Waals surface area contributed by atoms with Crippen molar-refractivity contribution in [2.24, 2.45) is 0 Å². The third kappa shape index (κ3) is 4.37. The summed E-state index contributed by atoms with van der Waals surface area (Å²) in [7, 11) is 0. The van der Waals surface area contributed by atoms with Gasteiger partial charge < -0.3 is 9.84 Å². The molecule has 88 valence electrons. The lowest BCUT2D eigenvalue weighted by Crippen LogP contribution is -1.97. The van der Waals surface area contributed by atoms with Crippen LogP contribution in [0.3, 0.4) is 0 Å². The Labute approximate surface area is 105 Å². The van der Waals surface area contributed by atoms with Crippen molar-refractivity contribution >= 4 is 22.0 Å². The molecule has 0 saturated heterocycles. The van der Waals surface area contributed by atoms with Crippen molar-refractivity contribution in [2.45, 2.75) is 26.4 Å². The normalized spacial score (nSPS) is 13.0. The van der Waals surface area contributed by atoms with Crippen LogP contribution >= 0.6 is 15.9 Å². The minimum absolute atomic E-state index is 0.446. The number of rotatable bonds is 5. The van der Waals surface area contributed by atoms with Gasteiger partial charge in [-0.25, -0.2) is 0 Å². The molecule has 0 radical (unpaired) electrons. The highest BCUT2D eigenvalue weighted by Crippen LogP contribution is 2.24. The number of benzene rings is 1. The van der Waals surface area contributed by atoms with Crippen molar-refractivity contribution in [3.63, 3.8) is 0 Å². The van der Waals surface area contributed by atoms with Gasteiger partial charge in [-0.15, -0.1) is 0 Å². The molecule has 1 N–H and O–H groups in total. The van der Waals surface area contributed by atoms with Crippen molar-refractivity contribution in [2.75, 3.05) is 6.61 Å². The first kappa shape index (κ1) is 13.3. The Bertz CT molecular complexity index is 359. The smallest absolute Gasteiger partial charge is 0.126 e. The van der Waals surface area contributed by atoms with E-state index in [4.69, 9.17) is 4.74 Å². The number of hydrogen-bond acceptors (Lipinski definition) is 2. The predicted molar refractivity (Wildman–Crippen MR) is 70.6 cm³/mol. The lowest BCUT2D eigenvalue weighted by atomic mass is 10.1. The molecule has 0 spiro atoms. The van der Waals surface area contributed by atoms with Crippen LogP contribution in [0.1, 0.15) is 25.8 Å². The molecule has 2 nitrogen and oxygen atoms in total. The summed E-state index contributed by atoms with van der Waals surface area (Å²) in [4.78, 5) is 0. The zero-order valence-corrected chi connectivity index (χ0v) is 11.2. The van der Waals surface area contributed by atoms with E-state index in [2.05, 4.69) is 22.9 Å². The van der Waals surface area contributed by atoms with E-state index in [0.717, 1.165) is 22.2 Å². The van der Waals surface area contributed by atoms with E-state index in [1.165, 1.54) is 0 Å². The van der Waals surface area contributed by atoms with E-state index in [9.17, 15) is 5.11 Å². The molecule has 1 aromatic carbocycles. The number of ether oxygens (including phenoxy) is 1. The average molecular weight is 285 g/mol. The van der Waals surface area contributed by atoms with Crippen LogP contribution in [-0.4, -0.2) is 17.8 Å². The van der Waals surface area contributed by atoms with Crippen LogP contribution in [-0.2, 0) is 0 Å². The van der Waals surface area contributed by atoms with E-state index < -0.39 is 6.10 Å². The molecule has 0 amide bonds. The fraction of sp³-hybridized carbons (Fsp3) is 0.385. The van der Waals surface area contributed by atoms with Gasteiger partial charge in [0.05, 0.1) is 12.7 Å². The highest BCUT2D eigenvalue weighted by atomic mass is 79.9. The van der Waals surface area contributed by atoms with Crippen LogP contribution in [0.5, 0.6) is 5.75 Å². The summed E-state index contributed by atoms with van der Waals surface area (Å²) in [6.07, 6.45) is 4.15. The second-order valence-corrected chi connectivity index (χ2v) is 4.55. The van der Waals surface area contributed by atoms with Crippen LogP contribution in [0.25, 0.3) is 6.08 Å². The summed E-state index contributed by atoms with van der Waals surface area (Å²) >= 11 is 3.42. The zero-order chi connectivity index (χ0) is 12.0. The van der Waals surface area contributed by atoms with Crippen molar-refractivity contribution in [3.05, 3.63) is 34.3 Å². The van der Waals surface area contributed by atoms with E-state index >= 15 is 0 Å². The van der Waals surface area contributed by atoms with Gasteiger partial charge in [0.2, 0.25) is 0 Å². The molecule has 0 bridgehead atoms. The number of aliphatic hydroxyl groups is 1. The second kappa shape index (κ2) is 6.71. The molecule has 1 aromatic rings. The number of hydrogen-bond donors (Lipinski definition) is 1. The summed E-state index contributed by atoms with van der Waals surface area (Å²) < 4.78 is 6.62. The molecule has 0 heterocycles. The van der Waals surface area contributed by atoms with Gasteiger partial charge in [0, 0.05) is 10.0 Å². The van der Waals surface area contributed by atoms with Gasteiger partial charge in [-0.3, -0.25) is 0 Å². The third-order valence-electron chi connectivity index (χ3n) is 1.99. The van der Waals surface area contributed by atoms with Crippen molar-refractivity contribution in [1.29, 1.82) is 0 Å². The first-order valence-corrected chi connectivity index (χ1v) is 6.21. The molecule has 1 rings (SSSR count). The molecule has 0 aliphatic carbocycles. The number of halogens is 1. The summed E-state index contributed by atoms with van der Waals surface area (Å²) in [6.45, 7) is 4.50. The minimum Gasteiger partial charge on any atom is -0.493 e. The van der Waals surface area contributed by atoms with Gasteiger partial charge in [0.15, 0.2) is 0 Å². The summed E-state index contributed by atoms with van der Waals surface area (Å²) in [5.74, 6) is 0.849. The summed E-state index contributed by atoms with van der Waals surface area (Å²) in [5.41, 5.74) is 0.976. The molecule has 0 aromatic heterocycles. The maximum atomic E-state index is 9.21. The van der Waals surface area contributed by atoms with Crippen molar-refractivity contribution in [1.82, 2.24) is 0 Å². The summed E-state index contributed by atoms with van der Waals surface area (Å²) in [6, 6.07) is 5.86. The Kier molecular flexibility index (Phi) is 5.56. The molecule has 0 saturated carbocycles. The molecule has 1 unspecified atom stereocenters.